The fourth-order valence-corrected chi connectivity index (χ4v) is 3.05. The van der Waals surface area contributed by atoms with Gasteiger partial charge in [-0.15, -0.1) is 12.4 Å². The fraction of sp³-hybridized carbons (Fsp3) is 0.462. The molecule has 0 aromatic heterocycles. The molecule has 118 valence electrons. The molecule has 1 aliphatic carbocycles. The molecule has 2 unspecified atom stereocenters. The largest absolute Gasteiger partial charge is 0.352 e. The maximum Gasteiger partial charge on any atom is 0.238 e. The maximum atomic E-state index is 12.0. The molecule has 5 N–H and O–H groups in total. The summed E-state index contributed by atoms with van der Waals surface area (Å²) in [6.07, 6.45) is 2.66. The molecule has 6 nitrogen and oxygen atoms in total. The van der Waals surface area contributed by atoms with Crippen LogP contribution in [0.15, 0.2) is 29.2 Å². The average molecular weight is 334 g/mol. The van der Waals surface area contributed by atoms with Gasteiger partial charge in [0.15, 0.2) is 0 Å². The molecule has 2 rings (SSSR count). The zero-order valence-electron chi connectivity index (χ0n) is 11.5. The fourth-order valence-electron chi connectivity index (χ4n) is 2.47. The third-order valence-corrected chi connectivity index (χ3v) is 4.51. The standard InChI is InChI=1S/C13H19N3O3S.ClH/c14-12-6-2-5-11(12)13(17)16-8-9-3-1-4-10(7-9)20(15,18)19;/h1,3-4,7,11-12H,2,5-6,8,14H2,(H,16,17)(H2,15,18,19);1H. The Kier molecular flexibility index (Phi) is 6.15. The minimum atomic E-state index is -3.72. The van der Waals surface area contributed by atoms with Crippen LogP contribution in [0.25, 0.3) is 0 Å². The molecule has 1 saturated carbocycles. The van der Waals surface area contributed by atoms with Crippen LogP contribution >= 0.6 is 12.4 Å². The summed E-state index contributed by atoms with van der Waals surface area (Å²) < 4.78 is 22.5. The Hall–Kier alpha value is -1.15. The number of primary sulfonamides is 1. The van der Waals surface area contributed by atoms with E-state index in [9.17, 15) is 13.2 Å². The summed E-state index contributed by atoms with van der Waals surface area (Å²) in [6.45, 7) is 0.269. The summed E-state index contributed by atoms with van der Waals surface area (Å²) in [4.78, 5) is 12.0. The summed E-state index contributed by atoms with van der Waals surface area (Å²) in [5.74, 6) is -0.215. The molecule has 1 fully saturated rings. The average Bonchev–Trinajstić information content (AvgIpc) is 2.82. The first kappa shape index (κ1) is 17.9. The van der Waals surface area contributed by atoms with Gasteiger partial charge in [0.25, 0.3) is 0 Å². The molecule has 1 amide bonds. The van der Waals surface area contributed by atoms with E-state index in [0.29, 0.717) is 5.56 Å². The number of hydrogen-bond donors (Lipinski definition) is 3. The third-order valence-electron chi connectivity index (χ3n) is 3.60. The van der Waals surface area contributed by atoms with Gasteiger partial charge in [-0.05, 0) is 30.5 Å². The van der Waals surface area contributed by atoms with Crippen LogP contribution in [0, 0.1) is 5.92 Å². The van der Waals surface area contributed by atoms with E-state index >= 15 is 0 Å². The summed E-state index contributed by atoms with van der Waals surface area (Å²) in [5, 5.41) is 7.86. The number of hydrogen-bond acceptors (Lipinski definition) is 4. The smallest absolute Gasteiger partial charge is 0.238 e. The second kappa shape index (κ2) is 7.22. The van der Waals surface area contributed by atoms with Crippen molar-refractivity contribution in [3.8, 4) is 0 Å². The van der Waals surface area contributed by atoms with Crippen LogP contribution in [0.5, 0.6) is 0 Å². The topological polar surface area (TPSA) is 115 Å². The third kappa shape index (κ3) is 4.67. The van der Waals surface area contributed by atoms with E-state index in [0.717, 1.165) is 19.3 Å². The van der Waals surface area contributed by atoms with E-state index in [1.807, 2.05) is 0 Å². The van der Waals surface area contributed by atoms with Crippen LogP contribution in [0.3, 0.4) is 0 Å². The predicted molar refractivity (Wildman–Crippen MR) is 82.2 cm³/mol. The second-order valence-electron chi connectivity index (χ2n) is 5.11. The predicted octanol–water partition coefficient (Wildman–Crippen LogP) is 0.499. The zero-order valence-corrected chi connectivity index (χ0v) is 13.1. The lowest BCUT2D eigenvalue weighted by molar-refractivity contribution is -0.125. The van der Waals surface area contributed by atoms with Crippen molar-refractivity contribution in [2.45, 2.75) is 36.7 Å². The highest BCUT2D eigenvalue weighted by Gasteiger charge is 2.29. The van der Waals surface area contributed by atoms with Gasteiger partial charge in [0.2, 0.25) is 15.9 Å². The van der Waals surface area contributed by atoms with Crippen LogP contribution in [-0.4, -0.2) is 20.4 Å². The van der Waals surface area contributed by atoms with E-state index in [1.54, 1.807) is 12.1 Å². The lowest BCUT2D eigenvalue weighted by Gasteiger charge is -2.15. The zero-order chi connectivity index (χ0) is 14.8. The van der Waals surface area contributed by atoms with Crippen molar-refractivity contribution in [3.63, 3.8) is 0 Å². The van der Waals surface area contributed by atoms with Gasteiger partial charge >= 0.3 is 0 Å². The maximum absolute atomic E-state index is 12.0. The molecule has 1 aromatic rings. The summed E-state index contributed by atoms with van der Waals surface area (Å²) >= 11 is 0. The SMILES string of the molecule is Cl.NC1CCCC1C(=O)NCc1cccc(S(N)(=O)=O)c1. The minimum absolute atomic E-state index is 0. The van der Waals surface area contributed by atoms with Crippen LogP contribution in [0.4, 0.5) is 0 Å². The first-order valence-electron chi connectivity index (χ1n) is 6.53. The van der Waals surface area contributed by atoms with Crippen LogP contribution in [-0.2, 0) is 21.4 Å². The summed E-state index contributed by atoms with van der Waals surface area (Å²) in [7, 11) is -3.72. The Morgan fingerprint density at radius 3 is 2.62 bits per heavy atom. The number of sulfonamides is 1. The van der Waals surface area contributed by atoms with E-state index in [-0.39, 0.29) is 41.7 Å². The van der Waals surface area contributed by atoms with Crippen molar-refractivity contribution < 1.29 is 13.2 Å². The van der Waals surface area contributed by atoms with E-state index in [1.165, 1.54) is 12.1 Å². The normalized spacial score (nSPS) is 21.6. The van der Waals surface area contributed by atoms with E-state index in [4.69, 9.17) is 10.9 Å². The van der Waals surface area contributed by atoms with E-state index < -0.39 is 10.0 Å². The molecule has 0 aliphatic heterocycles. The van der Waals surface area contributed by atoms with Crippen molar-refractivity contribution in [2.24, 2.45) is 16.8 Å². The van der Waals surface area contributed by atoms with Gasteiger partial charge in [0.05, 0.1) is 10.8 Å². The number of rotatable bonds is 4. The Balaban J connectivity index is 0.00000220. The molecule has 0 bridgehead atoms. The van der Waals surface area contributed by atoms with Gasteiger partial charge in [-0.25, -0.2) is 13.6 Å². The molecule has 0 saturated heterocycles. The molecule has 0 radical (unpaired) electrons. The Morgan fingerprint density at radius 1 is 1.33 bits per heavy atom. The van der Waals surface area contributed by atoms with Gasteiger partial charge < -0.3 is 11.1 Å². The van der Waals surface area contributed by atoms with Crippen LogP contribution < -0.4 is 16.2 Å². The van der Waals surface area contributed by atoms with Gasteiger partial charge in [-0.2, -0.15) is 0 Å². The van der Waals surface area contributed by atoms with E-state index in [2.05, 4.69) is 5.32 Å². The first-order valence-corrected chi connectivity index (χ1v) is 8.07. The molecule has 21 heavy (non-hydrogen) atoms. The molecule has 0 heterocycles. The van der Waals surface area contributed by atoms with Crippen LogP contribution in [0.1, 0.15) is 24.8 Å². The minimum Gasteiger partial charge on any atom is -0.352 e. The second-order valence-corrected chi connectivity index (χ2v) is 6.67. The molecule has 0 spiro atoms. The molecular weight excluding hydrogens is 314 g/mol. The Bertz CT molecular complexity index is 606. The van der Waals surface area contributed by atoms with Gasteiger partial charge in [0, 0.05) is 12.6 Å². The number of carbonyl (C=O) groups excluding carboxylic acids is 1. The summed E-state index contributed by atoms with van der Waals surface area (Å²) in [6, 6.07) is 6.15. The van der Waals surface area contributed by atoms with Crippen LogP contribution in [0.2, 0.25) is 0 Å². The molecular formula is C13H20ClN3O3S. The number of nitrogens with one attached hydrogen (secondary N) is 1. The molecule has 1 aliphatic rings. The first-order chi connectivity index (χ1) is 9.38. The highest BCUT2D eigenvalue weighted by Crippen LogP contribution is 2.24. The quantitative estimate of drug-likeness (QED) is 0.744. The van der Waals surface area contributed by atoms with Gasteiger partial charge in [-0.1, -0.05) is 18.6 Å². The number of carbonyl (C=O) groups is 1. The molecule has 1 aromatic carbocycles. The Labute approximate surface area is 130 Å². The van der Waals surface area contributed by atoms with Gasteiger partial charge in [0.1, 0.15) is 0 Å². The molecule has 8 heteroatoms. The van der Waals surface area contributed by atoms with Crippen molar-refractivity contribution in [1.29, 1.82) is 0 Å². The number of halogens is 1. The Morgan fingerprint density at radius 2 is 2.05 bits per heavy atom. The lowest BCUT2D eigenvalue weighted by Crippen LogP contribution is -2.38. The van der Waals surface area contributed by atoms with Gasteiger partial charge in [-0.3, -0.25) is 4.79 Å². The summed E-state index contributed by atoms with van der Waals surface area (Å²) in [5.41, 5.74) is 6.56. The monoisotopic (exact) mass is 333 g/mol. The highest BCUT2D eigenvalue weighted by molar-refractivity contribution is 7.89. The van der Waals surface area contributed by atoms with Crippen molar-refractivity contribution in [3.05, 3.63) is 29.8 Å². The number of amides is 1. The number of benzene rings is 1. The highest BCUT2D eigenvalue weighted by atomic mass is 35.5. The number of nitrogens with two attached hydrogens (primary N) is 2. The lowest BCUT2D eigenvalue weighted by atomic mass is 10.0. The van der Waals surface area contributed by atoms with Crippen molar-refractivity contribution in [1.82, 2.24) is 5.32 Å². The molecule has 2 atom stereocenters. The van der Waals surface area contributed by atoms with Crippen molar-refractivity contribution >= 4 is 28.3 Å². The van der Waals surface area contributed by atoms with Crippen molar-refractivity contribution in [2.75, 3.05) is 0 Å².